The third-order valence-electron chi connectivity index (χ3n) is 6.92. The van der Waals surface area contributed by atoms with Gasteiger partial charge in [0.1, 0.15) is 5.39 Å². The second-order valence-electron chi connectivity index (χ2n) is 9.56. The van der Waals surface area contributed by atoms with Crippen LogP contribution in [0.4, 0.5) is 0 Å². The number of nitrogens with zero attached hydrogens (tertiary/aromatic N) is 5. The van der Waals surface area contributed by atoms with Gasteiger partial charge in [0.25, 0.3) is 11.5 Å². The summed E-state index contributed by atoms with van der Waals surface area (Å²) in [6.45, 7) is 0. The Kier molecular flexibility index (Phi) is 7.98. The van der Waals surface area contributed by atoms with Gasteiger partial charge in [0.05, 0.1) is 53.4 Å². The Labute approximate surface area is 259 Å². The molecule has 16 heteroatoms. The summed E-state index contributed by atoms with van der Waals surface area (Å²) in [5.41, 5.74) is 1.81. The SMILES string of the molecule is COc1cccc(C2CC(c3cccs3)=NN2C(=O)CSc2nc3c(cnn3-c3ccc(S(N)(=O)=O)cc3)c(=O)[nH]2)c1OC. The van der Waals surface area contributed by atoms with Gasteiger partial charge in [-0.3, -0.25) is 9.59 Å². The molecule has 1 aliphatic heterocycles. The number of carbonyl (C=O) groups excluding carboxylic acids is 1. The van der Waals surface area contributed by atoms with Crippen molar-refractivity contribution in [3.05, 3.63) is 87.0 Å². The normalized spacial score (nSPS) is 15.0. The van der Waals surface area contributed by atoms with Gasteiger partial charge in [-0.1, -0.05) is 30.0 Å². The van der Waals surface area contributed by atoms with Gasteiger partial charge in [-0.2, -0.15) is 10.2 Å². The molecule has 4 heterocycles. The number of ether oxygens (including phenoxy) is 2. The molecule has 3 aromatic heterocycles. The first-order chi connectivity index (χ1) is 21.2. The highest BCUT2D eigenvalue weighted by molar-refractivity contribution is 7.99. The van der Waals surface area contributed by atoms with Gasteiger partial charge in [-0.05, 0) is 41.8 Å². The maximum Gasteiger partial charge on any atom is 0.262 e. The third kappa shape index (κ3) is 5.59. The van der Waals surface area contributed by atoms with E-state index in [1.165, 1.54) is 40.2 Å². The summed E-state index contributed by atoms with van der Waals surface area (Å²) < 4.78 is 35.8. The van der Waals surface area contributed by atoms with Crippen molar-refractivity contribution in [1.82, 2.24) is 24.8 Å². The van der Waals surface area contributed by atoms with Crippen LogP contribution < -0.4 is 20.2 Å². The number of thiophene rings is 1. The molecule has 44 heavy (non-hydrogen) atoms. The summed E-state index contributed by atoms with van der Waals surface area (Å²) in [7, 11) is -0.767. The molecule has 0 spiro atoms. The van der Waals surface area contributed by atoms with Gasteiger partial charge < -0.3 is 14.5 Å². The monoisotopic (exact) mass is 651 g/mol. The van der Waals surface area contributed by atoms with Crippen molar-refractivity contribution in [2.75, 3.05) is 20.0 Å². The number of para-hydroxylation sites is 1. The van der Waals surface area contributed by atoms with E-state index in [0.717, 1.165) is 27.9 Å². The average Bonchev–Trinajstić information content (AvgIpc) is 3.79. The number of methoxy groups -OCH3 is 2. The Morgan fingerprint density at radius 1 is 1.14 bits per heavy atom. The van der Waals surface area contributed by atoms with Gasteiger partial charge in [-0.15, -0.1) is 11.3 Å². The minimum Gasteiger partial charge on any atom is -0.493 e. The first-order valence-electron chi connectivity index (χ1n) is 13.1. The predicted molar refractivity (Wildman–Crippen MR) is 166 cm³/mol. The standard InChI is InChI=1S/C28H25N7O6S3/c1-40-22-6-3-5-18(25(22)41-2)21-13-20(23-7-4-12-42-23)33-35(21)24(36)15-43-28-31-26-19(27(37)32-28)14-30-34(26)16-8-10-17(11-9-16)44(29,38)39/h3-12,14,21H,13,15H2,1-2H3,(H2,29,38,39)(H,31,32,37). The molecule has 0 aliphatic carbocycles. The van der Waals surface area contributed by atoms with Gasteiger partial charge in [0.2, 0.25) is 10.0 Å². The average molecular weight is 652 g/mol. The van der Waals surface area contributed by atoms with Crippen LogP contribution in [0.2, 0.25) is 0 Å². The molecular weight excluding hydrogens is 627 g/mol. The smallest absolute Gasteiger partial charge is 0.262 e. The highest BCUT2D eigenvalue weighted by Gasteiger charge is 2.36. The molecule has 13 nitrogen and oxygen atoms in total. The van der Waals surface area contributed by atoms with Crippen LogP contribution >= 0.6 is 23.1 Å². The number of nitrogens with one attached hydrogen (secondary N) is 1. The van der Waals surface area contributed by atoms with Gasteiger partial charge in [0, 0.05) is 12.0 Å². The fourth-order valence-electron chi connectivity index (χ4n) is 4.88. The summed E-state index contributed by atoms with van der Waals surface area (Å²) >= 11 is 2.59. The number of rotatable bonds is 9. The van der Waals surface area contributed by atoms with Crippen LogP contribution in [0.5, 0.6) is 11.5 Å². The molecule has 1 aliphatic rings. The lowest BCUT2D eigenvalue weighted by molar-refractivity contribution is -0.130. The zero-order valence-corrected chi connectivity index (χ0v) is 25.8. The summed E-state index contributed by atoms with van der Waals surface area (Å²) in [6, 6.07) is 14.7. The van der Waals surface area contributed by atoms with Crippen molar-refractivity contribution in [1.29, 1.82) is 0 Å². The number of hydrogen-bond acceptors (Lipinski definition) is 11. The first kappa shape index (κ1) is 29.6. The number of amides is 1. The zero-order chi connectivity index (χ0) is 31.0. The number of H-pyrrole nitrogens is 1. The second-order valence-corrected chi connectivity index (χ2v) is 13.0. The largest absolute Gasteiger partial charge is 0.493 e. The molecule has 0 radical (unpaired) electrons. The number of primary sulfonamides is 1. The number of nitrogens with two attached hydrogens (primary N) is 1. The fourth-order valence-corrected chi connectivity index (χ4v) is 6.82. The molecule has 0 saturated heterocycles. The molecule has 1 atom stereocenters. The number of fused-ring (bicyclic) bond motifs is 1. The summed E-state index contributed by atoms with van der Waals surface area (Å²) in [5, 5.41) is 18.0. The maximum absolute atomic E-state index is 13.7. The number of hydrazone groups is 1. The van der Waals surface area contributed by atoms with Crippen molar-refractivity contribution in [3.8, 4) is 17.2 Å². The quantitative estimate of drug-likeness (QED) is 0.179. The minimum atomic E-state index is -3.87. The second kappa shape index (κ2) is 11.9. The number of hydrogen-bond donors (Lipinski definition) is 2. The van der Waals surface area contributed by atoms with Crippen molar-refractivity contribution < 1.29 is 22.7 Å². The van der Waals surface area contributed by atoms with Crippen LogP contribution in [-0.2, 0) is 14.8 Å². The molecule has 1 amide bonds. The number of benzene rings is 2. The van der Waals surface area contributed by atoms with Crippen LogP contribution in [0.3, 0.4) is 0 Å². The van der Waals surface area contributed by atoms with Gasteiger partial charge in [0.15, 0.2) is 22.3 Å². The van der Waals surface area contributed by atoms with E-state index in [2.05, 4.69) is 15.1 Å². The molecule has 3 N–H and O–H groups in total. The van der Waals surface area contributed by atoms with E-state index < -0.39 is 21.6 Å². The Hall–Kier alpha value is -4.51. The van der Waals surface area contributed by atoms with E-state index in [9.17, 15) is 18.0 Å². The van der Waals surface area contributed by atoms with Crippen LogP contribution in [0.25, 0.3) is 16.7 Å². The Morgan fingerprint density at radius 2 is 1.93 bits per heavy atom. The Bertz CT molecular complexity index is 2060. The maximum atomic E-state index is 13.7. The summed E-state index contributed by atoms with van der Waals surface area (Å²) in [6.07, 6.45) is 1.84. The molecule has 0 saturated carbocycles. The van der Waals surface area contributed by atoms with Crippen LogP contribution in [0.1, 0.15) is 22.9 Å². The molecule has 0 bridgehead atoms. The van der Waals surface area contributed by atoms with E-state index in [0.29, 0.717) is 23.6 Å². The van der Waals surface area contributed by atoms with Gasteiger partial charge in [-0.25, -0.2) is 28.2 Å². The van der Waals surface area contributed by atoms with E-state index in [1.807, 2.05) is 29.6 Å². The topological polar surface area (TPSA) is 175 Å². The van der Waals surface area contributed by atoms with E-state index >= 15 is 0 Å². The molecule has 2 aromatic carbocycles. The Morgan fingerprint density at radius 3 is 2.61 bits per heavy atom. The van der Waals surface area contributed by atoms with Crippen molar-refractivity contribution in [2.45, 2.75) is 22.5 Å². The van der Waals surface area contributed by atoms with E-state index in [4.69, 9.17) is 19.7 Å². The molecule has 226 valence electrons. The zero-order valence-electron chi connectivity index (χ0n) is 23.3. The highest BCUT2D eigenvalue weighted by atomic mass is 32.2. The number of aromatic amines is 1. The van der Waals surface area contributed by atoms with Crippen molar-refractivity contribution in [2.24, 2.45) is 10.2 Å². The van der Waals surface area contributed by atoms with Crippen molar-refractivity contribution >= 4 is 55.8 Å². The van der Waals surface area contributed by atoms with E-state index in [-0.39, 0.29) is 32.7 Å². The molecule has 0 fully saturated rings. The third-order valence-corrected chi connectivity index (χ3v) is 9.63. The number of sulfonamides is 1. The summed E-state index contributed by atoms with van der Waals surface area (Å²) in [4.78, 5) is 34.7. The lowest BCUT2D eigenvalue weighted by Gasteiger charge is -2.24. The molecule has 5 aromatic rings. The Balaban J connectivity index is 1.29. The van der Waals surface area contributed by atoms with Crippen LogP contribution in [0.15, 0.2) is 86.1 Å². The lowest BCUT2D eigenvalue weighted by atomic mass is 9.99. The first-order valence-corrected chi connectivity index (χ1v) is 16.5. The lowest BCUT2D eigenvalue weighted by Crippen LogP contribution is -2.29. The van der Waals surface area contributed by atoms with E-state index in [1.54, 1.807) is 31.6 Å². The molecule has 1 unspecified atom stereocenters. The molecule has 6 rings (SSSR count). The van der Waals surface area contributed by atoms with Gasteiger partial charge >= 0.3 is 0 Å². The number of carbonyl (C=O) groups is 1. The van der Waals surface area contributed by atoms with Crippen LogP contribution in [-0.4, -0.2) is 64.8 Å². The summed E-state index contributed by atoms with van der Waals surface area (Å²) in [5.74, 6) is 0.693. The fraction of sp³-hybridized carbons (Fsp3) is 0.179. The minimum absolute atomic E-state index is 0.0602. The highest BCUT2D eigenvalue weighted by Crippen LogP contribution is 2.42. The van der Waals surface area contributed by atoms with Crippen LogP contribution in [0, 0.1) is 0 Å². The number of thioether (sulfide) groups is 1. The molecular formula is C28H25N7O6S3. The number of aromatic nitrogens is 4. The van der Waals surface area contributed by atoms with Crippen molar-refractivity contribution in [3.63, 3.8) is 0 Å². The predicted octanol–water partition coefficient (Wildman–Crippen LogP) is 3.30.